The summed E-state index contributed by atoms with van der Waals surface area (Å²) < 4.78 is 5.28. The van der Waals surface area contributed by atoms with Crippen LogP contribution in [0.25, 0.3) is 11.0 Å². The first-order valence-electron chi connectivity index (χ1n) is 4.85. The van der Waals surface area contributed by atoms with Crippen molar-refractivity contribution in [2.24, 2.45) is 5.16 Å². The number of imidazole rings is 1. The minimum absolute atomic E-state index is 0.722. The van der Waals surface area contributed by atoms with Crippen molar-refractivity contribution in [3.63, 3.8) is 0 Å². The predicted molar refractivity (Wildman–Crippen MR) is 62.0 cm³/mol. The first-order chi connectivity index (χ1) is 7.74. The van der Waals surface area contributed by atoms with Crippen LogP contribution in [0.2, 0.25) is 0 Å². The first-order valence-corrected chi connectivity index (χ1v) is 4.85. The number of aromatic nitrogens is 2. The lowest BCUT2D eigenvalue weighted by Crippen LogP contribution is -1.89. The number of aryl methyl sites for hydroxylation is 1. The summed E-state index contributed by atoms with van der Waals surface area (Å²) in [5, 5.41) is 3.72. The van der Waals surface area contributed by atoms with Crippen LogP contribution < -0.4 is 4.74 Å². The van der Waals surface area contributed by atoms with E-state index in [-0.39, 0.29) is 0 Å². The number of oxime groups is 1. The number of benzene rings is 1. The minimum Gasteiger partial charge on any atom is -0.494 e. The highest BCUT2D eigenvalue weighted by molar-refractivity contribution is 5.90. The molecule has 0 radical (unpaired) electrons. The van der Waals surface area contributed by atoms with Gasteiger partial charge in [-0.1, -0.05) is 5.16 Å². The summed E-state index contributed by atoms with van der Waals surface area (Å²) in [6.07, 6.45) is 1.62. The van der Waals surface area contributed by atoms with Crippen LogP contribution in [0.4, 0.5) is 0 Å². The molecule has 84 valence electrons. The largest absolute Gasteiger partial charge is 0.494 e. The zero-order valence-corrected chi connectivity index (χ0v) is 9.44. The SMILES string of the molecule is CO/N=C/c1cc(OC)c2nc(C)[nH]c2c1. The molecule has 0 bridgehead atoms. The van der Waals surface area contributed by atoms with Gasteiger partial charge in [0.05, 0.1) is 18.8 Å². The highest BCUT2D eigenvalue weighted by Gasteiger charge is 2.07. The van der Waals surface area contributed by atoms with Gasteiger partial charge in [-0.15, -0.1) is 0 Å². The molecule has 2 rings (SSSR count). The van der Waals surface area contributed by atoms with Crippen molar-refractivity contribution in [1.82, 2.24) is 9.97 Å². The Balaban J connectivity index is 2.58. The van der Waals surface area contributed by atoms with Crippen molar-refractivity contribution >= 4 is 17.2 Å². The second-order valence-electron chi connectivity index (χ2n) is 3.36. The van der Waals surface area contributed by atoms with Gasteiger partial charge in [-0.3, -0.25) is 0 Å². The molecule has 0 fully saturated rings. The van der Waals surface area contributed by atoms with E-state index in [1.165, 1.54) is 7.11 Å². The molecule has 0 saturated carbocycles. The Morgan fingerprint density at radius 3 is 2.88 bits per heavy atom. The molecule has 0 amide bonds. The van der Waals surface area contributed by atoms with Gasteiger partial charge in [-0.25, -0.2) is 4.98 Å². The Hall–Kier alpha value is -2.04. The fraction of sp³-hybridized carbons (Fsp3) is 0.273. The molecule has 0 aliphatic carbocycles. The summed E-state index contributed by atoms with van der Waals surface area (Å²) in [7, 11) is 3.13. The molecule has 1 heterocycles. The molecule has 0 saturated heterocycles. The molecule has 0 aliphatic rings. The van der Waals surface area contributed by atoms with Crippen LogP contribution in [0.3, 0.4) is 0 Å². The Morgan fingerprint density at radius 2 is 2.19 bits per heavy atom. The summed E-state index contributed by atoms with van der Waals surface area (Å²) >= 11 is 0. The molecular formula is C11H13N3O2. The van der Waals surface area contributed by atoms with Crippen LogP contribution in [-0.2, 0) is 4.84 Å². The van der Waals surface area contributed by atoms with Gasteiger partial charge in [0.25, 0.3) is 0 Å². The fourth-order valence-corrected chi connectivity index (χ4v) is 1.57. The lowest BCUT2D eigenvalue weighted by molar-refractivity contribution is 0.215. The number of hydrogen-bond donors (Lipinski definition) is 1. The average molecular weight is 219 g/mol. The number of nitrogens with zero attached hydrogens (tertiary/aromatic N) is 2. The van der Waals surface area contributed by atoms with Gasteiger partial charge in [0.15, 0.2) is 0 Å². The van der Waals surface area contributed by atoms with Crippen molar-refractivity contribution in [3.8, 4) is 5.75 Å². The zero-order chi connectivity index (χ0) is 11.5. The number of hydrogen-bond acceptors (Lipinski definition) is 4. The highest BCUT2D eigenvalue weighted by Crippen LogP contribution is 2.24. The molecular weight excluding hydrogens is 206 g/mol. The normalized spacial score (nSPS) is 11.2. The van der Waals surface area contributed by atoms with E-state index in [2.05, 4.69) is 20.0 Å². The first kappa shape index (κ1) is 10.5. The lowest BCUT2D eigenvalue weighted by Gasteiger charge is -2.01. The molecule has 16 heavy (non-hydrogen) atoms. The third kappa shape index (κ3) is 1.84. The molecule has 1 aromatic carbocycles. The molecule has 5 heteroatoms. The fourth-order valence-electron chi connectivity index (χ4n) is 1.57. The second kappa shape index (κ2) is 4.22. The smallest absolute Gasteiger partial charge is 0.147 e. The third-order valence-electron chi connectivity index (χ3n) is 2.22. The van der Waals surface area contributed by atoms with E-state index < -0.39 is 0 Å². The van der Waals surface area contributed by atoms with E-state index in [1.807, 2.05) is 19.1 Å². The van der Waals surface area contributed by atoms with Gasteiger partial charge in [0.1, 0.15) is 24.2 Å². The predicted octanol–water partition coefficient (Wildman–Crippen LogP) is 1.86. The van der Waals surface area contributed by atoms with Crippen LogP contribution in [-0.4, -0.2) is 30.4 Å². The molecule has 1 aromatic heterocycles. The van der Waals surface area contributed by atoms with E-state index in [1.54, 1.807) is 13.3 Å². The minimum atomic E-state index is 0.722. The molecule has 0 spiro atoms. The van der Waals surface area contributed by atoms with Gasteiger partial charge >= 0.3 is 0 Å². The van der Waals surface area contributed by atoms with Crippen LogP contribution in [0.15, 0.2) is 17.3 Å². The maximum absolute atomic E-state index is 5.28. The van der Waals surface area contributed by atoms with Crippen molar-refractivity contribution in [1.29, 1.82) is 0 Å². The van der Waals surface area contributed by atoms with E-state index in [9.17, 15) is 0 Å². The van der Waals surface area contributed by atoms with Crippen molar-refractivity contribution in [2.45, 2.75) is 6.92 Å². The maximum atomic E-state index is 5.28. The van der Waals surface area contributed by atoms with Crippen LogP contribution in [0, 0.1) is 6.92 Å². The Bertz CT molecular complexity index is 531. The number of ether oxygens (including phenoxy) is 1. The monoisotopic (exact) mass is 219 g/mol. The summed E-state index contributed by atoms with van der Waals surface area (Å²) in [4.78, 5) is 12.1. The van der Waals surface area contributed by atoms with Crippen LogP contribution in [0.1, 0.15) is 11.4 Å². The summed E-state index contributed by atoms with van der Waals surface area (Å²) in [6, 6.07) is 3.81. The summed E-state index contributed by atoms with van der Waals surface area (Å²) in [5.41, 5.74) is 2.65. The number of aromatic amines is 1. The molecule has 5 nitrogen and oxygen atoms in total. The molecule has 0 atom stereocenters. The molecule has 1 N–H and O–H groups in total. The summed E-state index contributed by atoms with van der Waals surface area (Å²) in [6.45, 7) is 1.91. The molecule has 0 unspecified atom stereocenters. The topological polar surface area (TPSA) is 59.5 Å². The van der Waals surface area contributed by atoms with Gasteiger partial charge in [0.2, 0.25) is 0 Å². The van der Waals surface area contributed by atoms with Gasteiger partial charge in [-0.2, -0.15) is 0 Å². The second-order valence-corrected chi connectivity index (χ2v) is 3.36. The van der Waals surface area contributed by atoms with Crippen LogP contribution in [0.5, 0.6) is 5.75 Å². The molecule has 2 aromatic rings. The number of methoxy groups -OCH3 is 1. The van der Waals surface area contributed by atoms with Crippen molar-refractivity contribution in [2.75, 3.05) is 14.2 Å². The van der Waals surface area contributed by atoms with Gasteiger partial charge in [-0.05, 0) is 19.1 Å². The van der Waals surface area contributed by atoms with Crippen molar-refractivity contribution in [3.05, 3.63) is 23.5 Å². The van der Waals surface area contributed by atoms with E-state index in [0.29, 0.717) is 0 Å². The van der Waals surface area contributed by atoms with E-state index >= 15 is 0 Å². The Kier molecular flexibility index (Phi) is 2.76. The highest BCUT2D eigenvalue weighted by atomic mass is 16.6. The quantitative estimate of drug-likeness (QED) is 0.633. The van der Waals surface area contributed by atoms with E-state index in [0.717, 1.165) is 28.2 Å². The number of nitrogens with one attached hydrogen (secondary N) is 1. The Morgan fingerprint density at radius 1 is 1.38 bits per heavy atom. The number of fused-ring (bicyclic) bond motifs is 1. The Labute approximate surface area is 93.1 Å². The third-order valence-corrected chi connectivity index (χ3v) is 2.22. The van der Waals surface area contributed by atoms with Crippen LogP contribution >= 0.6 is 0 Å². The molecule has 0 aliphatic heterocycles. The standard InChI is InChI=1S/C11H13N3O2/c1-7-13-9-4-8(6-12-16-3)5-10(15-2)11(9)14-7/h4-6H,1-3H3,(H,13,14)/b12-6+. The number of H-pyrrole nitrogens is 1. The van der Waals surface area contributed by atoms with Crippen molar-refractivity contribution < 1.29 is 9.57 Å². The lowest BCUT2D eigenvalue weighted by atomic mass is 10.2. The maximum Gasteiger partial charge on any atom is 0.147 e. The average Bonchev–Trinajstić information content (AvgIpc) is 2.65. The van der Waals surface area contributed by atoms with Gasteiger partial charge < -0.3 is 14.6 Å². The van der Waals surface area contributed by atoms with Gasteiger partial charge in [0, 0.05) is 5.56 Å². The summed E-state index contributed by atoms with van der Waals surface area (Å²) in [5.74, 6) is 1.58. The number of rotatable bonds is 3. The zero-order valence-electron chi connectivity index (χ0n) is 9.44. The van der Waals surface area contributed by atoms with E-state index in [4.69, 9.17) is 4.74 Å².